The summed E-state index contributed by atoms with van der Waals surface area (Å²) in [5.74, 6) is 0.769. The summed E-state index contributed by atoms with van der Waals surface area (Å²) in [4.78, 5) is 2.49. The Labute approximate surface area is 115 Å². The van der Waals surface area contributed by atoms with Crippen molar-refractivity contribution in [2.45, 2.75) is 26.4 Å². The standard InChI is InChI=1S/C14H26N4O/c1-3-18-7-5-14(16-18)11-15-10-13-4-6-17(12-13)8-9-19-2/h5,7,13,15H,3-4,6,8-12H2,1-2H3. The average Bonchev–Trinajstić information content (AvgIpc) is 3.05. The van der Waals surface area contributed by atoms with Crippen molar-refractivity contribution in [1.29, 1.82) is 0 Å². The van der Waals surface area contributed by atoms with Gasteiger partial charge in [-0.1, -0.05) is 0 Å². The van der Waals surface area contributed by atoms with Gasteiger partial charge in [-0.25, -0.2) is 0 Å². The maximum absolute atomic E-state index is 5.12. The van der Waals surface area contributed by atoms with Crippen LogP contribution in [0.2, 0.25) is 0 Å². The molecule has 1 aromatic rings. The van der Waals surface area contributed by atoms with Gasteiger partial charge in [0, 0.05) is 39.5 Å². The summed E-state index contributed by atoms with van der Waals surface area (Å²) in [5.41, 5.74) is 1.14. The fraction of sp³-hybridized carbons (Fsp3) is 0.786. The minimum atomic E-state index is 0.769. The Bertz CT molecular complexity index is 366. The molecule has 1 aliphatic rings. The average molecular weight is 266 g/mol. The molecule has 0 amide bonds. The molecule has 1 aromatic heterocycles. The third-order valence-electron chi connectivity index (χ3n) is 3.74. The third-order valence-corrected chi connectivity index (χ3v) is 3.74. The Morgan fingerprint density at radius 3 is 3.16 bits per heavy atom. The van der Waals surface area contributed by atoms with Gasteiger partial charge in [-0.05, 0) is 38.4 Å². The minimum Gasteiger partial charge on any atom is -0.383 e. The van der Waals surface area contributed by atoms with Gasteiger partial charge in [0.2, 0.25) is 0 Å². The van der Waals surface area contributed by atoms with Crippen LogP contribution in [0.15, 0.2) is 12.3 Å². The van der Waals surface area contributed by atoms with Crippen molar-refractivity contribution >= 4 is 0 Å². The molecule has 0 radical (unpaired) electrons. The number of aromatic nitrogens is 2. The van der Waals surface area contributed by atoms with Gasteiger partial charge in [0.1, 0.15) is 0 Å². The maximum atomic E-state index is 5.12. The number of nitrogens with one attached hydrogen (secondary N) is 1. The van der Waals surface area contributed by atoms with Crippen LogP contribution in [-0.4, -0.2) is 54.6 Å². The molecule has 2 rings (SSSR count). The van der Waals surface area contributed by atoms with Crippen LogP contribution in [0.25, 0.3) is 0 Å². The van der Waals surface area contributed by atoms with Crippen molar-refractivity contribution in [3.8, 4) is 0 Å². The zero-order valence-corrected chi connectivity index (χ0v) is 12.1. The first-order chi connectivity index (χ1) is 9.31. The van der Waals surface area contributed by atoms with E-state index in [0.29, 0.717) is 0 Å². The number of aryl methyl sites for hydroxylation is 1. The highest BCUT2D eigenvalue weighted by Crippen LogP contribution is 2.14. The summed E-state index contributed by atoms with van der Waals surface area (Å²) >= 11 is 0. The van der Waals surface area contributed by atoms with Crippen molar-refractivity contribution in [2.24, 2.45) is 5.92 Å². The predicted octanol–water partition coefficient (Wildman–Crippen LogP) is 0.961. The SMILES string of the molecule is CCn1ccc(CNCC2CCN(CCOC)C2)n1. The van der Waals surface area contributed by atoms with Gasteiger partial charge in [0.05, 0.1) is 12.3 Å². The van der Waals surface area contributed by atoms with Gasteiger partial charge < -0.3 is 15.0 Å². The number of ether oxygens (including phenoxy) is 1. The van der Waals surface area contributed by atoms with E-state index in [-0.39, 0.29) is 0 Å². The monoisotopic (exact) mass is 266 g/mol. The lowest BCUT2D eigenvalue weighted by Crippen LogP contribution is -2.28. The summed E-state index contributed by atoms with van der Waals surface area (Å²) < 4.78 is 7.09. The largest absolute Gasteiger partial charge is 0.383 e. The van der Waals surface area contributed by atoms with Crippen molar-refractivity contribution in [2.75, 3.05) is 39.9 Å². The van der Waals surface area contributed by atoms with Gasteiger partial charge >= 0.3 is 0 Å². The van der Waals surface area contributed by atoms with Crippen LogP contribution in [0.3, 0.4) is 0 Å². The molecule has 5 nitrogen and oxygen atoms in total. The molecule has 0 spiro atoms. The molecule has 0 aliphatic carbocycles. The van der Waals surface area contributed by atoms with Crippen molar-refractivity contribution in [3.05, 3.63) is 18.0 Å². The Balaban J connectivity index is 1.61. The quantitative estimate of drug-likeness (QED) is 0.761. The second-order valence-corrected chi connectivity index (χ2v) is 5.24. The topological polar surface area (TPSA) is 42.3 Å². The van der Waals surface area contributed by atoms with E-state index in [1.807, 2.05) is 10.9 Å². The number of methoxy groups -OCH3 is 1. The normalized spacial score (nSPS) is 20.2. The number of hydrogen-bond acceptors (Lipinski definition) is 4. The molecule has 0 aromatic carbocycles. The van der Waals surface area contributed by atoms with E-state index in [2.05, 4.69) is 28.3 Å². The predicted molar refractivity (Wildman–Crippen MR) is 76.0 cm³/mol. The van der Waals surface area contributed by atoms with E-state index >= 15 is 0 Å². The maximum Gasteiger partial charge on any atom is 0.0762 e. The van der Waals surface area contributed by atoms with E-state index in [9.17, 15) is 0 Å². The number of rotatable bonds is 8. The summed E-state index contributed by atoms with van der Waals surface area (Å²) in [7, 11) is 1.77. The summed E-state index contributed by atoms with van der Waals surface area (Å²) in [6.07, 6.45) is 3.33. The zero-order valence-electron chi connectivity index (χ0n) is 12.1. The molecule has 0 bridgehead atoms. The van der Waals surface area contributed by atoms with E-state index < -0.39 is 0 Å². The Kier molecular flexibility index (Phi) is 5.82. The van der Waals surface area contributed by atoms with Crippen molar-refractivity contribution in [1.82, 2.24) is 20.0 Å². The summed E-state index contributed by atoms with van der Waals surface area (Å²) in [6.45, 7) is 9.32. The molecule has 1 aliphatic heterocycles. The smallest absolute Gasteiger partial charge is 0.0762 e. The highest BCUT2D eigenvalue weighted by molar-refractivity contribution is 4.98. The molecule has 19 heavy (non-hydrogen) atoms. The van der Waals surface area contributed by atoms with E-state index in [1.54, 1.807) is 7.11 Å². The van der Waals surface area contributed by atoms with Crippen LogP contribution in [0, 0.1) is 5.92 Å². The molecule has 5 heteroatoms. The molecule has 1 saturated heterocycles. The van der Waals surface area contributed by atoms with Gasteiger partial charge in [0.15, 0.2) is 0 Å². The van der Waals surface area contributed by atoms with Crippen LogP contribution in [0.4, 0.5) is 0 Å². The van der Waals surface area contributed by atoms with E-state index in [0.717, 1.165) is 44.4 Å². The van der Waals surface area contributed by atoms with Gasteiger partial charge in [0.25, 0.3) is 0 Å². The first kappa shape index (κ1) is 14.5. The highest BCUT2D eigenvalue weighted by atomic mass is 16.5. The Morgan fingerprint density at radius 2 is 2.42 bits per heavy atom. The molecule has 1 atom stereocenters. The van der Waals surface area contributed by atoms with Crippen LogP contribution >= 0.6 is 0 Å². The second kappa shape index (κ2) is 7.62. The number of hydrogen-bond donors (Lipinski definition) is 1. The van der Waals surface area contributed by atoms with Crippen LogP contribution in [-0.2, 0) is 17.8 Å². The lowest BCUT2D eigenvalue weighted by atomic mass is 10.1. The third kappa shape index (κ3) is 4.60. The minimum absolute atomic E-state index is 0.769. The first-order valence-electron chi connectivity index (χ1n) is 7.26. The number of nitrogens with zero attached hydrogens (tertiary/aromatic N) is 3. The van der Waals surface area contributed by atoms with E-state index in [1.165, 1.54) is 19.5 Å². The van der Waals surface area contributed by atoms with Gasteiger partial charge in [-0.2, -0.15) is 5.10 Å². The molecule has 1 N–H and O–H groups in total. The lowest BCUT2D eigenvalue weighted by molar-refractivity contribution is 0.159. The molecule has 2 heterocycles. The molecule has 108 valence electrons. The van der Waals surface area contributed by atoms with Gasteiger partial charge in [-0.15, -0.1) is 0 Å². The molecular formula is C14H26N4O. The van der Waals surface area contributed by atoms with Crippen molar-refractivity contribution < 1.29 is 4.74 Å². The van der Waals surface area contributed by atoms with E-state index in [4.69, 9.17) is 4.74 Å². The number of likely N-dealkylation sites (tertiary alicyclic amines) is 1. The molecular weight excluding hydrogens is 240 g/mol. The van der Waals surface area contributed by atoms with Gasteiger partial charge in [-0.3, -0.25) is 4.68 Å². The Morgan fingerprint density at radius 1 is 1.53 bits per heavy atom. The fourth-order valence-electron chi connectivity index (χ4n) is 2.58. The second-order valence-electron chi connectivity index (χ2n) is 5.24. The summed E-state index contributed by atoms with van der Waals surface area (Å²) in [6, 6.07) is 2.09. The molecule has 1 unspecified atom stereocenters. The van der Waals surface area contributed by atoms with Crippen molar-refractivity contribution in [3.63, 3.8) is 0 Å². The summed E-state index contributed by atoms with van der Waals surface area (Å²) in [5, 5.41) is 8.00. The van der Waals surface area contributed by atoms with Crippen LogP contribution in [0.5, 0.6) is 0 Å². The molecule has 1 fully saturated rings. The van der Waals surface area contributed by atoms with Crippen LogP contribution in [0.1, 0.15) is 19.0 Å². The fourth-order valence-corrected chi connectivity index (χ4v) is 2.58. The first-order valence-corrected chi connectivity index (χ1v) is 7.26. The zero-order chi connectivity index (χ0) is 13.5. The Hall–Kier alpha value is -0.910. The van der Waals surface area contributed by atoms with Crippen LogP contribution < -0.4 is 5.32 Å². The highest BCUT2D eigenvalue weighted by Gasteiger charge is 2.21. The molecule has 0 saturated carbocycles. The lowest BCUT2D eigenvalue weighted by Gasteiger charge is -2.15.